The van der Waals surface area contributed by atoms with Crippen molar-refractivity contribution in [2.24, 2.45) is 0 Å². The van der Waals surface area contributed by atoms with Gasteiger partial charge in [0.15, 0.2) is 0 Å². The van der Waals surface area contributed by atoms with Crippen molar-refractivity contribution in [1.82, 2.24) is 0 Å². The third kappa shape index (κ3) is 28.8. The zero-order chi connectivity index (χ0) is 18.5. The fourth-order valence-electron chi connectivity index (χ4n) is 2.06. The third-order valence-corrected chi connectivity index (χ3v) is 3.41. The molecule has 0 aromatic carbocycles. The molecule has 0 saturated heterocycles. The van der Waals surface area contributed by atoms with Gasteiger partial charge in [-0.25, -0.2) is 0 Å². The summed E-state index contributed by atoms with van der Waals surface area (Å²) in [6, 6.07) is 0. The van der Waals surface area contributed by atoms with E-state index < -0.39 is 0 Å². The summed E-state index contributed by atoms with van der Waals surface area (Å²) in [6.07, 6.45) is 15.0. The molecule has 4 heteroatoms. The number of hydrogen-bond donors (Lipinski definition) is 0. The van der Waals surface area contributed by atoms with Crippen LogP contribution in [-0.4, -0.2) is 25.2 Å². The van der Waals surface area contributed by atoms with Gasteiger partial charge in [-0.2, -0.15) is 0 Å². The van der Waals surface area contributed by atoms with Crippen LogP contribution in [0.15, 0.2) is 12.7 Å². The summed E-state index contributed by atoms with van der Waals surface area (Å²) in [6.45, 7) is 9.92. The SMILES string of the molecule is C=CCCCCCCOC(C)=O.CCCCCCCCOC(C)=O. The Bertz CT molecular complexity index is 300. The Hall–Kier alpha value is -1.32. The van der Waals surface area contributed by atoms with Gasteiger partial charge in [0, 0.05) is 13.8 Å². The highest BCUT2D eigenvalue weighted by Crippen LogP contribution is 2.05. The van der Waals surface area contributed by atoms with E-state index >= 15 is 0 Å². The normalized spacial score (nSPS) is 9.62. The molecule has 0 aromatic heterocycles. The van der Waals surface area contributed by atoms with Crippen LogP contribution in [0.25, 0.3) is 0 Å². The Morgan fingerprint density at radius 2 is 1.17 bits per heavy atom. The minimum Gasteiger partial charge on any atom is -0.466 e. The van der Waals surface area contributed by atoms with Crippen molar-refractivity contribution in [1.29, 1.82) is 0 Å². The van der Waals surface area contributed by atoms with Crippen molar-refractivity contribution in [3.63, 3.8) is 0 Å². The van der Waals surface area contributed by atoms with Crippen LogP contribution in [-0.2, 0) is 19.1 Å². The zero-order valence-electron chi connectivity index (χ0n) is 16.1. The average molecular weight is 343 g/mol. The van der Waals surface area contributed by atoms with Gasteiger partial charge in [-0.1, -0.05) is 57.9 Å². The van der Waals surface area contributed by atoms with Crippen LogP contribution in [0.4, 0.5) is 0 Å². The molecule has 0 aliphatic carbocycles. The molecule has 0 aliphatic rings. The number of rotatable bonds is 14. The van der Waals surface area contributed by atoms with Gasteiger partial charge in [-0.15, -0.1) is 6.58 Å². The van der Waals surface area contributed by atoms with E-state index in [0.29, 0.717) is 13.2 Å². The molecule has 0 saturated carbocycles. The van der Waals surface area contributed by atoms with Crippen molar-refractivity contribution in [2.45, 2.75) is 91.4 Å². The highest BCUT2D eigenvalue weighted by atomic mass is 16.5. The Kier molecular flexibility index (Phi) is 22.5. The van der Waals surface area contributed by atoms with E-state index in [2.05, 4.69) is 13.5 Å². The van der Waals surface area contributed by atoms with Crippen molar-refractivity contribution >= 4 is 11.9 Å². The summed E-state index contributed by atoms with van der Waals surface area (Å²) in [5, 5.41) is 0. The minimum atomic E-state index is -0.180. The van der Waals surface area contributed by atoms with Crippen LogP contribution in [0.2, 0.25) is 0 Å². The Labute approximate surface area is 149 Å². The largest absolute Gasteiger partial charge is 0.466 e. The molecule has 0 fully saturated rings. The predicted octanol–water partition coefficient (Wildman–Crippen LogP) is 5.60. The van der Waals surface area contributed by atoms with Crippen LogP contribution in [0.3, 0.4) is 0 Å². The number of carbonyl (C=O) groups is 2. The fraction of sp³-hybridized carbons (Fsp3) is 0.800. The van der Waals surface area contributed by atoms with Gasteiger partial charge in [-0.05, 0) is 25.7 Å². The lowest BCUT2D eigenvalue weighted by Gasteiger charge is -2.01. The quantitative estimate of drug-likeness (QED) is 0.234. The van der Waals surface area contributed by atoms with Crippen molar-refractivity contribution in [3.05, 3.63) is 12.7 Å². The summed E-state index contributed by atoms with van der Waals surface area (Å²) in [7, 11) is 0. The molecule has 4 nitrogen and oxygen atoms in total. The molecular formula is C20H38O4. The Morgan fingerprint density at radius 1 is 0.750 bits per heavy atom. The van der Waals surface area contributed by atoms with Crippen LogP contribution >= 0.6 is 0 Å². The molecule has 0 heterocycles. The standard InChI is InChI=1S/C10H20O2.C10H18O2/c2*1-3-4-5-6-7-8-9-12-10(2)11/h3-9H2,1-2H3;3H,1,4-9H2,2H3. The first-order valence-corrected chi connectivity index (χ1v) is 9.42. The molecular weight excluding hydrogens is 304 g/mol. The molecule has 0 amide bonds. The Morgan fingerprint density at radius 3 is 1.58 bits per heavy atom. The maximum atomic E-state index is 10.4. The van der Waals surface area contributed by atoms with Crippen LogP contribution in [0.1, 0.15) is 91.4 Å². The van der Waals surface area contributed by atoms with E-state index in [1.807, 2.05) is 6.08 Å². The molecule has 142 valence electrons. The first-order valence-electron chi connectivity index (χ1n) is 9.42. The van der Waals surface area contributed by atoms with E-state index in [-0.39, 0.29) is 11.9 Å². The molecule has 0 unspecified atom stereocenters. The zero-order valence-corrected chi connectivity index (χ0v) is 16.1. The highest BCUT2D eigenvalue weighted by Gasteiger charge is 1.93. The second kappa shape index (κ2) is 21.7. The first-order chi connectivity index (χ1) is 11.5. The summed E-state index contributed by atoms with van der Waals surface area (Å²) >= 11 is 0. The van der Waals surface area contributed by atoms with Crippen LogP contribution in [0, 0.1) is 0 Å². The van der Waals surface area contributed by atoms with Crippen molar-refractivity contribution in [2.75, 3.05) is 13.2 Å². The number of ether oxygens (including phenoxy) is 2. The average Bonchev–Trinajstić information content (AvgIpc) is 2.53. The van der Waals surface area contributed by atoms with Gasteiger partial charge in [0.25, 0.3) is 0 Å². The molecule has 0 rings (SSSR count). The maximum Gasteiger partial charge on any atom is 0.302 e. The number of hydrogen-bond acceptors (Lipinski definition) is 4. The summed E-state index contributed by atoms with van der Waals surface area (Å²) in [5.41, 5.74) is 0. The number of carbonyl (C=O) groups excluding carboxylic acids is 2. The van der Waals surface area contributed by atoms with Gasteiger partial charge < -0.3 is 9.47 Å². The molecule has 0 spiro atoms. The molecule has 0 aliphatic heterocycles. The second-order valence-corrected chi connectivity index (χ2v) is 5.94. The van der Waals surface area contributed by atoms with Gasteiger partial charge in [-0.3, -0.25) is 9.59 Å². The third-order valence-electron chi connectivity index (χ3n) is 3.41. The van der Waals surface area contributed by atoms with Crippen LogP contribution < -0.4 is 0 Å². The predicted molar refractivity (Wildman–Crippen MR) is 99.9 cm³/mol. The second-order valence-electron chi connectivity index (χ2n) is 5.94. The molecule has 0 aromatic rings. The summed E-state index contributed by atoms with van der Waals surface area (Å²) < 4.78 is 9.60. The first kappa shape index (κ1) is 24.9. The minimum absolute atomic E-state index is 0.163. The number of unbranched alkanes of at least 4 members (excludes halogenated alkanes) is 9. The Balaban J connectivity index is 0. The van der Waals surface area contributed by atoms with Gasteiger partial charge in [0.05, 0.1) is 13.2 Å². The molecule has 0 bridgehead atoms. The maximum absolute atomic E-state index is 10.4. The van der Waals surface area contributed by atoms with E-state index in [0.717, 1.165) is 25.7 Å². The number of allylic oxidation sites excluding steroid dienone is 1. The van der Waals surface area contributed by atoms with E-state index in [1.165, 1.54) is 58.8 Å². The molecule has 0 radical (unpaired) electrons. The van der Waals surface area contributed by atoms with E-state index in [1.54, 1.807) is 0 Å². The lowest BCUT2D eigenvalue weighted by Crippen LogP contribution is -1.99. The molecule has 24 heavy (non-hydrogen) atoms. The van der Waals surface area contributed by atoms with Gasteiger partial charge in [0.1, 0.15) is 0 Å². The number of esters is 2. The highest BCUT2D eigenvalue weighted by molar-refractivity contribution is 5.66. The summed E-state index contributed by atoms with van der Waals surface area (Å²) in [5.74, 6) is -0.343. The van der Waals surface area contributed by atoms with Crippen LogP contribution in [0.5, 0.6) is 0 Å². The lowest BCUT2D eigenvalue weighted by atomic mass is 10.1. The lowest BCUT2D eigenvalue weighted by molar-refractivity contribution is -0.142. The van der Waals surface area contributed by atoms with E-state index in [9.17, 15) is 9.59 Å². The van der Waals surface area contributed by atoms with Crippen molar-refractivity contribution in [3.8, 4) is 0 Å². The van der Waals surface area contributed by atoms with Crippen molar-refractivity contribution < 1.29 is 19.1 Å². The van der Waals surface area contributed by atoms with Gasteiger partial charge in [0.2, 0.25) is 0 Å². The molecule has 0 atom stereocenters. The summed E-state index contributed by atoms with van der Waals surface area (Å²) in [4.78, 5) is 20.7. The monoisotopic (exact) mass is 342 g/mol. The topological polar surface area (TPSA) is 52.6 Å². The van der Waals surface area contributed by atoms with Gasteiger partial charge >= 0.3 is 11.9 Å². The fourth-order valence-corrected chi connectivity index (χ4v) is 2.06. The van der Waals surface area contributed by atoms with E-state index in [4.69, 9.17) is 9.47 Å². The smallest absolute Gasteiger partial charge is 0.302 e. The molecule has 0 N–H and O–H groups in total.